The molecule has 1 saturated heterocycles. The Morgan fingerprint density at radius 2 is 1.74 bits per heavy atom. The van der Waals surface area contributed by atoms with Crippen molar-refractivity contribution in [1.29, 1.82) is 0 Å². The Morgan fingerprint density at radius 3 is 2.49 bits per heavy atom. The molecule has 35 heavy (non-hydrogen) atoms. The van der Waals surface area contributed by atoms with Gasteiger partial charge in [-0.15, -0.1) is 0 Å². The number of anilines is 3. The molecule has 11 heteroatoms. The number of para-hydroxylation sites is 2. The Kier molecular flexibility index (Phi) is 6.66. The topological polar surface area (TPSA) is 103 Å². The number of aromatic nitrogens is 3. The van der Waals surface area contributed by atoms with Gasteiger partial charge in [-0.3, -0.25) is 10.1 Å². The summed E-state index contributed by atoms with van der Waals surface area (Å²) in [6.45, 7) is 3.42. The number of nitrogens with zero attached hydrogens (tertiary/aromatic N) is 5. The molecule has 0 saturated carbocycles. The number of halogens is 1. The van der Waals surface area contributed by atoms with Crippen molar-refractivity contribution in [2.45, 2.75) is 5.16 Å². The van der Waals surface area contributed by atoms with Crippen LogP contribution in [0.25, 0.3) is 11.0 Å². The van der Waals surface area contributed by atoms with E-state index in [2.05, 4.69) is 30.1 Å². The first-order valence-electron chi connectivity index (χ1n) is 11.3. The molecule has 2 aromatic carbocycles. The maximum atomic E-state index is 13.2. The first kappa shape index (κ1) is 22.9. The van der Waals surface area contributed by atoms with E-state index in [-0.39, 0.29) is 17.3 Å². The third-order valence-electron chi connectivity index (χ3n) is 5.85. The van der Waals surface area contributed by atoms with Gasteiger partial charge in [0.1, 0.15) is 11.6 Å². The number of benzene rings is 2. The lowest BCUT2D eigenvalue weighted by molar-refractivity contribution is -0.384. The number of imidazole rings is 1. The second-order valence-electron chi connectivity index (χ2n) is 8.08. The molecule has 0 radical (unpaired) electrons. The van der Waals surface area contributed by atoms with Gasteiger partial charge in [-0.1, -0.05) is 23.9 Å². The number of aromatic amines is 1. The summed E-state index contributed by atoms with van der Waals surface area (Å²) in [4.78, 5) is 27.8. The molecule has 3 heterocycles. The molecule has 1 aliphatic heterocycles. The highest BCUT2D eigenvalue weighted by molar-refractivity contribution is 7.99. The number of thioether (sulfide) groups is 1. The summed E-state index contributed by atoms with van der Waals surface area (Å²) in [5.74, 6) is 1.37. The van der Waals surface area contributed by atoms with Crippen molar-refractivity contribution in [1.82, 2.24) is 15.0 Å². The van der Waals surface area contributed by atoms with E-state index >= 15 is 0 Å². The molecule has 0 spiro atoms. The van der Waals surface area contributed by atoms with Gasteiger partial charge in [0, 0.05) is 50.2 Å². The van der Waals surface area contributed by atoms with E-state index in [1.54, 1.807) is 30.0 Å². The summed E-state index contributed by atoms with van der Waals surface area (Å²) < 4.78 is 13.2. The number of pyridine rings is 1. The summed E-state index contributed by atoms with van der Waals surface area (Å²) in [6.07, 6.45) is 0. The maximum absolute atomic E-state index is 13.2. The van der Waals surface area contributed by atoms with E-state index in [0.29, 0.717) is 31.2 Å². The van der Waals surface area contributed by atoms with Crippen LogP contribution in [0.15, 0.2) is 65.8 Å². The van der Waals surface area contributed by atoms with E-state index in [0.717, 1.165) is 35.0 Å². The molecule has 180 valence electrons. The minimum Gasteiger partial charge on any atom is -0.368 e. The summed E-state index contributed by atoms with van der Waals surface area (Å²) in [7, 11) is 0. The van der Waals surface area contributed by atoms with Gasteiger partial charge in [0.05, 0.1) is 16.0 Å². The van der Waals surface area contributed by atoms with Crippen LogP contribution in [0.2, 0.25) is 0 Å². The number of rotatable bonds is 8. The lowest BCUT2D eigenvalue weighted by Crippen LogP contribution is -2.46. The Bertz CT molecular complexity index is 1290. The van der Waals surface area contributed by atoms with Crippen molar-refractivity contribution >= 4 is 45.8 Å². The number of nitro groups is 1. The molecule has 5 rings (SSSR count). The highest BCUT2D eigenvalue weighted by Gasteiger charge is 2.22. The van der Waals surface area contributed by atoms with Crippen LogP contribution in [0.3, 0.4) is 0 Å². The van der Waals surface area contributed by atoms with Crippen LogP contribution in [0, 0.1) is 15.9 Å². The van der Waals surface area contributed by atoms with Gasteiger partial charge in [-0.25, -0.2) is 14.4 Å². The average molecular weight is 494 g/mol. The predicted molar refractivity (Wildman–Crippen MR) is 137 cm³/mol. The summed E-state index contributed by atoms with van der Waals surface area (Å²) in [5.41, 5.74) is 2.82. The van der Waals surface area contributed by atoms with Crippen molar-refractivity contribution in [2.24, 2.45) is 0 Å². The first-order chi connectivity index (χ1) is 17.1. The average Bonchev–Trinajstić information content (AvgIpc) is 3.30. The second kappa shape index (κ2) is 10.2. The molecule has 0 aliphatic carbocycles. The highest BCUT2D eigenvalue weighted by atomic mass is 32.2. The van der Waals surface area contributed by atoms with E-state index in [1.165, 1.54) is 18.2 Å². The van der Waals surface area contributed by atoms with Crippen LogP contribution in [-0.2, 0) is 0 Å². The number of piperazine rings is 1. The SMILES string of the molecule is O=[N+]([O-])c1ccc(N2CCN(c3ccc(F)cc3)CC2)nc1NCCSc1nc2ccccc2[nH]1. The van der Waals surface area contributed by atoms with Crippen molar-refractivity contribution < 1.29 is 9.31 Å². The predicted octanol–water partition coefficient (Wildman–Crippen LogP) is 4.54. The van der Waals surface area contributed by atoms with Gasteiger partial charge in [-0.2, -0.15) is 0 Å². The Labute approximate surface area is 205 Å². The third kappa shape index (κ3) is 5.29. The smallest absolute Gasteiger partial charge is 0.311 e. The van der Waals surface area contributed by atoms with Crippen molar-refractivity contribution in [3.63, 3.8) is 0 Å². The van der Waals surface area contributed by atoms with Gasteiger partial charge in [0.15, 0.2) is 5.16 Å². The lowest BCUT2D eigenvalue weighted by atomic mass is 10.2. The van der Waals surface area contributed by atoms with Crippen LogP contribution in [0.5, 0.6) is 0 Å². The highest BCUT2D eigenvalue weighted by Crippen LogP contribution is 2.27. The zero-order chi connectivity index (χ0) is 24.2. The Hall–Kier alpha value is -3.86. The molecular formula is C24H24FN7O2S. The quantitative estimate of drug-likeness (QED) is 0.160. The molecule has 2 aromatic heterocycles. The number of fused-ring (bicyclic) bond motifs is 1. The minimum atomic E-state index is -0.419. The summed E-state index contributed by atoms with van der Waals surface area (Å²) >= 11 is 1.54. The van der Waals surface area contributed by atoms with Crippen LogP contribution in [-0.4, -0.2) is 58.4 Å². The molecule has 1 fully saturated rings. The maximum Gasteiger partial charge on any atom is 0.311 e. The summed E-state index contributed by atoms with van der Waals surface area (Å²) in [6, 6.07) is 17.5. The Morgan fingerprint density at radius 1 is 1.00 bits per heavy atom. The van der Waals surface area contributed by atoms with E-state index in [4.69, 9.17) is 0 Å². The molecule has 0 unspecified atom stereocenters. The molecule has 0 amide bonds. The molecule has 0 bridgehead atoms. The standard InChI is InChI=1S/C24H24FN7O2S/c25-17-5-7-18(8-6-17)30-12-14-31(15-13-30)22-10-9-21(32(33)34)23(29-22)26-11-16-35-24-27-19-3-1-2-4-20(19)28-24/h1-10H,11-16H2,(H,26,29)(H,27,28). The van der Waals surface area contributed by atoms with Gasteiger partial charge in [-0.05, 0) is 42.5 Å². The van der Waals surface area contributed by atoms with Gasteiger partial charge < -0.3 is 20.1 Å². The monoisotopic (exact) mass is 493 g/mol. The van der Waals surface area contributed by atoms with E-state index in [1.807, 2.05) is 24.3 Å². The fraction of sp³-hybridized carbons (Fsp3) is 0.250. The fourth-order valence-electron chi connectivity index (χ4n) is 4.06. The third-order valence-corrected chi connectivity index (χ3v) is 6.73. The normalized spacial score (nSPS) is 13.9. The van der Waals surface area contributed by atoms with E-state index in [9.17, 15) is 14.5 Å². The summed E-state index contributed by atoms with van der Waals surface area (Å²) in [5, 5.41) is 15.5. The number of hydrogen-bond donors (Lipinski definition) is 2. The van der Waals surface area contributed by atoms with Crippen LogP contribution < -0.4 is 15.1 Å². The van der Waals surface area contributed by atoms with Crippen molar-refractivity contribution in [2.75, 3.05) is 53.6 Å². The molecule has 0 atom stereocenters. The van der Waals surface area contributed by atoms with Crippen LogP contribution >= 0.6 is 11.8 Å². The van der Waals surface area contributed by atoms with Gasteiger partial charge >= 0.3 is 5.69 Å². The second-order valence-corrected chi connectivity index (χ2v) is 9.16. The van der Waals surface area contributed by atoms with Crippen LogP contribution in [0.1, 0.15) is 0 Å². The zero-order valence-corrected chi connectivity index (χ0v) is 19.7. The van der Waals surface area contributed by atoms with Crippen molar-refractivity contribution in [3.05, 3.63) is 76.6 Å². The zero-order valence-electron chi connectivity index (χ0n) is 18.9. The number of H-pyrrole nitrogens is 1. The van der Waals surface area contributed by atoms with Gasteiger partial charge in [0.2, 0.25) is 5.82 Å². The number of hydrogen-bond acceptors (Lipinski definition) is 8. The van der Waals surface area contributed by atoms with Gasteiger partial charge in [0.25, 0.3) is 0 Å². The van der Waals surface area contributed by atoms with Crippen molar-refractivity contribution in [3.8, 4) is 0 Å². The van der Waals surface area contributed by atoms with E-state index < -0.39 is 4.92 Å². The minimum absolute atomic E-state index is 0.0487. The molecule has 9 nitrogen and oxygen atoms in total. The first-order valence-corrected chi connectivity index (χ1v) is 12.3. The molecular weight excluding hydrogens is 469 g/mol. The molecule has 2 N–H and O–H groups in total. The number of nitrogens with one attached hydrogen (secondary N) is 2. The largest absolute Gasteiger partial charge is 0.368 e. The van der Waals surface area contributed by atoms with Crippen LogP contribution in [0.4, 0.5) is 27.4 Å². The Balaban J connectivity index is 1.20. The molecule has 1 aliphatic rings. The molecule has 4 aromatic rings. The lowest BCUT2D eigenvalue weighted by Gasteiger charge is -2.36. The fourth-order valence-corrected chi connectivity index (χ4v) is 4.80.